The van der Waals surface area contributed by atoms with E-state index >= 15 is 0 Å². The van der Waals surface area contributed by atoms with Gasteiger partial charge in [0.1, 0.15) is 11.8 Å². The molecule has 0 aliphatic carbocycles. The van der Waals surface area contributed by atoms with Crippen LogP contribution in [0.5, 0.6) is 5.75 Å². The summed E-state index contributed by atoms with van der Waals surface area (Å²) >= 11 is 0. The number of ether oxygens (including phenoxy) is 1. The fourth-order valence-electron chi connectivity index (χ4n) is 2.69. The molecule has 0 atom stereocenters. The minimum atomic E-state index is -0.607. The van der Waals surface area contributed by atoms with Crippen molar-refractivity contribution in [2.75, 3.05) is 5.32 Å². The maximum atomic E-state index is 12.4. The zero-order valence-corrected chi connectivity index (χ0v) is 15.7. The van der Waals surface area contributed by atoms with Crippen LogP contribution in [0.15, 0.2) is 48.7 Å². The van der Waals surface area contributed by atoms with Crippen LogP contribution in [0, 0.1) is 35.3 Å². The van der Waals surface area contributed by atoms with Crippen LogP contribution in [0.4, 0.5) is 11.4 Å². The highest BCUT2D eigenvalue weighted by molar-refractivity contribution is 6.03. The maximum Gasteiger partial charge on any atom is 0.276 e. The molecule has 1 aromatic heterocycles. The molecule has 3 rings (SSSR count). The number of rotatable bonds is 6. The SMILES string of the molecule is Cc1ccc(OCn2ccc(C(=O)Nc3ccc([N+](=O)[O-])cc3C#N)n2)c(C)c1. The van der Waals surface area contributed by atoms with Crippen LogP contribution in [-0.2, 0) is 6.73 Å². The molecule has 1 heterocycles. The number of hydrogen-bond acceptors (Lipinski definition) is 6. The maximum absolute atomic E-state index is 12.4. The third kappa shape index (κ3) is 4.56. The summed E-state index contributed by atoms with van der Waals surface area (Å²) < 4.78 is 7.19. The van der Waals surface area contributed by atoms with E-state index in [0.717, 1.165) is 22.9 Å². The van der Waals surface area contributed by atoms with Gasteiger partial charge >= 0.3 is 0 Å². The molecule has 29 heavy (non-hydrogen) atoms. The Morgan fingerprint density at radius 2 is 2.07 bits per heavy atom. The summed E-state index contributed by atoms with van der Waals surface area (Å²) in [6, 6.07) is 12.8. The van der Waals surface area contributed by atoms with Crippen LogP contribution in [0.25, 0.3) is 0 Å². The number of non-ortho nitro benzene ring substituents is 1. The third-order valence-corrected chi connectivity index (χ3v) is 4.14. The van der Waals surface area contributed by atoms with E-state index < -0.39 is 10.8 Å². The number of anilines is 1. The van der Waals surface area contributed by atoms with E-state index in [1.807, 2.05) is 38.1 Å². The highest BCUT2D eigenvalue weighted by atomic mass is 16.6. The number of carbonyl (C=O) groups is 1. The molecular formula is C20H17N5O4. The molecule has 0 radical (unpaired) electrons. The zero-order chi connectivity index (χ0) is 21.0. The lowest BCUT2D eigenvalue weighted by Gasteiger charge is -2.09. The summed E-state index contributed by atoms with van der Waals surface area (Å²) in [5, 5.41) is 26.7. The first-order valence-electron chi connectivity index (χ1n) is 8.61. The first-order valence-corrected chi connectivity index (χ1v) is 8.61. The Balaban J connectivity index is 1.68. The van der Waals surface area contributed by atoms with E-state index in [-0.39, 0.29) is 29.4 Å². The van der Waals surface area contributed by atoms with Crippen molar-refractivity contribution >= 4 is 17.3 Å². The number of amides is 1. The van der Waals surface area contributed by atoms with Crippen molar-refractivity contribution in [3.8, 4) is 11.8 Å². The Hall–Kier alpha value is -4.19. The Labute approximate surface area is 166 Å². The second-order valence-electron chi connectivity index (χ2n) is 6.34. The predicted octanol–water partition coefficient (Wildman–Crippen LogP) is 3.57. The van der Waals surface area contributed by atoms with Crippen molar-refractivity contribution in [2.45, 2.75) is 20.6 Å². The van der Waals surface area contributed by atoms with Gasteiger partial charge in [-0.3, -0.25) is 14.9 Å². The van der Waals surface area contributed by atoms with Gasteiger partial charge in [0.25, 0.3) is 11.6 Å². The molecule has 0 saturated heterocycles. The Kier molecular flexibility index (Phi) is 5.55. The number of nitrogens with zero attached hydrogens (tertiary/aromatic N) is 4. The van der Waals surface area contributed by atoms with Crippen LogP contribution >= 0.6 is 0 Å². The normalized spacial score (nSPS) is 10.2. The largest absolute Gasteiger partial charge is 0.471 e. The molecule has 9 heteroatoms. The number of nitriles is 1. The van der Waals surface area contributed by atoms with Gasteiger partial charge in [0.2, 0.25) is 0 Å². The van der Waals surface area contributed by atoms with Crippen molar-refractivity contribution < 1.29 is 14.5 Å². The van der Waals surface area contributed by atoms with Crippen molar-refractivity contribution in [1.29, 1.82) is 5.26 Å². The molecule has 9 nitrogen and oxygen atoms in total. The lowest BCUT2D eigenvalue weighted by Crippen LogP contribution is -2.15. The summed E-state index contributed by atoms with van der Waals surface area (Å²) in [7, 11) is 0. The van der Waals surface area contributed by atoms with E-state index in [0.29, 0.717) is 0 Å². The van der Waals surface area contributed by atoms with Gasteiger partial charge in [-0.2, -0.15) is 10.4 Å². The first-order chi connectivity index (χ1) is 13.9. The predicted molar refractivity (Wildman–Crippen MR) is 105 cm³/mol. The standard InChI is InChI=1S/C20H17N5O4/c1-13-3-6-19(14(2)9-13)29-12-24-8-7-18(23-24)20(26)22-17-5-4-16(25(27)28)10-15(17)11-21/h3-10H,12H2,1-2H3,(H,22,26). The second-order valence-corrected chi connectivity index (χ2v) is 6.34. The molecule has 0 unspecified atom stereocenters. The van der Waals surface area contributed by atoms with Gasteiger partial charge in [-0.15, -0.1) is 0 Å². The van der Waals surface area contributed by atoms with Crippen molar-refractivity contribution in [2.24, 2.45) is 0 Å². The smallest absolute Gasteiger partial charge is 0.276 e. The number of carbonyl (C=O) groups excluding carboxylic acids is 1. The number of nitro benzene ring substituents is 1. The van der Waals surface area contributed by atoms with Gasteiger partial charge < -0.3 is 10.1 Å². The number of aryl methyl sites for hydroxylation is 2. The highest BCUT2D eigenvalue weighted by Gasteiger charge is 2.15. The van der Waals surface area contributed by atoms with Gasteiger partial charge in [-0.05, 0) is 37.6 Å². The van der Waals surface area contributed by atoms with E-state index in [2.05, 4.69) is 10.4 Å². The number of nitrogens with one attached hydrogen (secondary N) is 1. The molecule has 146 valence electrons. The molecule has 0 fully saturated rings. The number of benzene rings is 2. The van der Waals surface area contributed by atoms with E-state index in [9.17, 15) is 14.9 Å². The molecule has 0 bridgehead atoms. The molecule has 3 aromatic rings. The fraction of sp³-hybridized carbons (Fsp3) is 0.150. The van der Waals surface area contributed by atoms with Crippen LogP contribution < -0.4 is 10.1 Å². The average Bonchev–Trinajstić information content (AvgIpc) is 3.16. The summed E-state index contributed by atoms with van der Waals surface area (Å²) in [5.74, 6) is 0.183. The topological polar surface area (TPSA) is 123 Å². The molecule has 0 spiro atoms. The molecule has 2 aromatic carbocycles. The quantitative estimate of drug-likeness (QED) is 0.506. The van der Waals surface area contributed by atoms with Crippen LogP contribution in [-0.4, -0.2) is 20.6 Å². The number of nitro groups is 1. The summed E-state index contributed by atoms with van der Waals surface area (Å²) in [6.07, 6.45) is 1.60. The second kappa shape index (κ2) is 8.22. The minimum Gasteiger partial charge on any atom is -0.471 e. The van der Waals surface area contributed by atoms with Gasteiger partial charge in [0.05, 0.1) is 16.2 Å². The molecule has 1 N–H and O–H groups in total. The summed E-state index contributed by atoms with van der Waals surface area (Å²) in [6.45, 7) is 4.07. The van der Waals surface area contributed by atoms with Crippen molar-refractivity contribution in [3.05, 3.63) is 81.2 Å². The fourth-order valence-corrected chi connectivity index (χ4v) is 2.69. The zero-order valence-electron chi connectivity index (χ0n) is 15.7. The Morgan fingerprint density at radius 3 is 2.76 bits per heavy atom. The molecule has 0 aliphatic heterocycles. The van der Waals surface area contributed by atoms with Crippen molar-refractivity contribution in [1.82, 2.24) is 9.78 Å². The minimum absolute atomic E-state index is 0.00911. The molecule has 1 amide bonds. The molecule has 0 aliphatic rings. The number of hydrogen-bond donors (Lipinski definition) is 1. The molecule has 0 saturated carbocycles. The Bertz CT molecular complexity index is 1130. The van der Waals surface area contributed by atoms with E-state index in [4.69, 9.17) is 10.00 Å². The van der Waals surface area contributed by atoms with Gasteiger partial charge in [0.15, 0.2) is 12.4 Å². The van der Waals surface area contributed by atoms with E-state index in [1.54, 1.807) is 6.20 Å². The summed E-state index contributed by atoms with van der Waals surface area (Å²) in [5.41, 5.74) is 2.19. The van der Waals surface area contributed by atoms with Crippen LogP contribution in [0.2, 0.25) is 0 Å². The number of aromatic nitrogens is 2. The highest BCUT2D eigenvalue weighted by Crippen LogP contribution is 2.22. The third-order valence-electron chi connectivity index (χ3n) is 4.14. The van der Waals surface area contributed by atoms with Crippen LogP contribution in [0.3, 0.4) is 0 Å². The van der Waals surface area contributed by atoms with Gasteiger partial charge in [0, 0.05) is 18.3 Å². The van der Waals surface area contributed by atoms with Gasteiger partial charge in [-0.25, -0.2) is 4.68 Å². The van der Waals surface area contributed by atoms with E-state index in [1.165, 1.54) is 22.9 Å². The van der Waals surface area contributed by atoms with Gasteiger partial charge in [-0.1, -0.05) is 17.7 Å². The molecular weight excluding hydrogens is 374 g/mol. The van der Waals surface area contributed by atoms with Crippen LogP contribution in [0.1, 0.15) is 27.2 Å². The lowest BCUT2D eigenvalue weighted by molar-refractivity contribution is -0.384. The first kappa shape index (κ1) is 19.6. The lowest BCUT2D eigenvalue weighted by atomic mass is 10.1. The Morgan fingerprint density at radius 1 is 1.28 bits per heavy atom. The average molecular weight is 391 g/mol. The van der Waals surface area contributed by atoms with Crippen molar-refractivity contribution in [3.63, 3.8) is 0 Å². The monoisotopic (exact) mass is 391 g/mol. The summed E-state index contributed by atoms with van der Waals surface area (Å²) in [4.78, 5) is 22.6.